The molecule has 90 valence electrons. The highest BCUT2D eigenvalue weighted by Crippen LogP contribution is 2.05. The first-order valence-corrected chi connectivity index (χ1v) is 5.94. The Kier molecular flexibility index (Phi) is 3.58. The van der Waals surface area contributed by atoms with Gasteiger partial charge in [-0.05, 0) is 13.8 Å². The third-order valence-corrected chi connectivity index (χ3v) is 2.54. The topological polar surface area (TPSA) is 85.2 Å². The maximum Gasteiger partial charge on any atom is 0.369 e. The number of hydrogen-bond donors (Lipinski definition) is 0. The average Bonchev–Trinajstić information content (AvgIpc) is 2.67. The molecule has 16 heavy (non-hydrogen) atoms. The quantitative estimate of drug-likeness (QED) is 0.718. The highest BCUT2D eigenvalue weighted by molar-refractivity contribution is 7.86. The van der Waals surface area contributed by atoms with Gasteiger partial charge in [0.1, 0.15) is 6.33 Å². The second kappa shape index (κ2) is 4.56. The van der Waals surface area contributed by atoms with Gasteiger partial charge in [0.2, 0.25) is 0 Å². The van der Waals surface area contributed by atoms with Crippen molar-refractivity contribution in [1.29, 1.82) is 0 Å². The van der Waals surface area contributed by atoms with Gasteiger partial charge in [-0.1, -0.05) is 3.89 Å². The summed E-state index contributed by atoms with van der Waals surface area (Å²) in [6.45, 7) is 4.38. The van der Waals surface area contributed by atoms with Crippen LogP contribution in [0.4, 0.5) is 8.68 Å². The van der Waals surface area contributed by atoms with E-state index in [1.165, 1.54) is 4.90 Å². The third-order valence-electron chi connectivity index (χ3n) is 1.92. The zero-order valence-corrected chi connectivity index (χ0v) is 9.61. The fraction of sp³-hybridized carbons (Fsp3) is 0.571. The monoisotopic (exact) mass is 250 g/mol. The van der Waals surface area contributed by atoms with Gasteiger partial charge in [0, 0.05) is 13.1 Å². The third kappa shape index (κ3) is 2.54. The molecule has 1 amide bonds. The molecule has 0 N–H and O–H groups in total. The summed E-state index contributed by atoms with van der Waals surface area (Å²) >= 11 is 0. The summed E-state index contributed by atoms with van der Waals surface area (Å²) in [7, 11) is -4.97. The van der Waals surface area contributed by atoms with Gasteiger partial charge in [0.25, 0.3) is 5.16 Å². The molecule has 0 saturated heterocycles. The lowest BCUT2D eigenvalue weighted by Crippen LogP contribution is -2.34. The Morgan fingerprint density at radius 3 is 2.44 bits per heavy atom. The maximum atomic E-state index is 12.5. The molecule has 0 aliphatic rings. The molecule has 0 fully saturated rings. The molecule has 1 aromatic heterocycles. The van der Waals surface area contributed by atoms with Crippen molar-refractivity contribution < 1.29 is 17.1 Å². The van der Waals surface area contributed by atoms with E-state index in [0.29, 0.717) is 17.8 Å². The van der Waals surface area contributed by atoms with E-state index in [0.717, 1.165) is 6.33 Å². The van der Waals surface area contributed by atoms with Crippen molar-refractivity contribution in [2.24, 2.45) is 0 Å². The standard InChI is InChI=1S/C7H11FN4O3S/c1-3-11(4-2)7(13)12-5-9-6(10-12)16(8,14)15/h5H,3-4H2,1-2H3. The molecule has 0 spiro atoms. The predicted molar refractivity (Wildman–Crippen MR) is 52.0 cm³/mol. The maximum absolute atomic E-state index is 12.5. The number of halogens is 1. The molecule has 0 radical (unpaired) electrons. The summed E-state index contributed by atoms with van der Waals surface area (Å²) in [6.07, 6.45) is 0.868. The molecular weight excluding hydrogens is 239 g/mol. The zero-order valence-electron chi connectivity index (χ0n) is 8.79. The molecular formula is C7H11FN4O3S. The van der Waals surface area contributed by atoms with E-state index in [1.807, 2.05) is 0 Å². The van der Waals surface area contributed by atoms with Crippen molar-refractivity contribution in [1.82, 2.24) is 19.7 Å². The van der Waals surface area contributed by atoms with Crippen LogP contribution in [0.25, 0.3) is 0 Å². The molecule has 0 unspecified atom stereocenters. The number of hydrogen-bond acceptors (Lipinski definition) is 5. The lowest BCUT2D eigenvalue weighted by atomic mass is 10.5. The van der Waals surface area contributed by atoms with Crippen LogP contribution >= 0.6 is 0 Å². The summed E-state index contributed by atoms with van der Waals surface area (Å²) in [5.74, 6) is 0. The SMILES string of the molecule is CCN(CC)C(=O)n1cnc(S(=O)(=O)F)n1. The van der Waals surface area contributed by atoms with Gasteiger partial charge in [-0.2, -0.15) is 13.1 Å². The number of carbonyl (C=O) groups excluding carboxylic acids is 1. The minimum Gasteiger partial charge on any atom is -0.323 e. The molecule has 0 atom stereocenters. The Morgan fingerprint density at radius 2 is 2.06 bits per heavy atom. The molecule has 0 saturated carbocycles. The number of amides is 1. The second-order valence-electron chi connectivity index (χ2n) is 2.86. The van der Waals surface area contributed by atoms with Gasteiger partial charge in [-0.15, -0.1) is 5.10 Å². The molecule has 1 heterocycles. The number of carbonyl (C=O) groups is 1. The lowest BCUT2D eigenvalue weighted by molar-refractivity contribution is 0.201. The van der Waals surface area contributed by atoms with E-state index in [1.54, 1.807) is 13.8 Å². The van der Waals surface area contributed by atoms with Crippen LogP contribution in [0.1, 0.15) is 13.8 Å². The first-order valence-electron chi connectivity index (χ1n) is 4.55. The first kappa shape index (κ1) is 12.6. The molecule has 0 aromatic carbocycles. The largest absolute Gasteiger partial charge is 0.369 e. The van der Waals surface area contributed by atoms with E-state index < -0.39 is 21.4 Å². The van der Waals surface area contributed by atoms with E-state index in [4.69, 9.17) is 0 Å². The minimum atomic E-state index is -4.97. The molecule has 1 aromatic rings. The van der Waals surface area contributed by atoms with Gasteiger partial charge in [-0.3, -0.25) is 0 Å². The van der Waals surface area contributed by atoms with E-state index in [9.17, 15) is 17.1 Å². The second-order valence-corrected chi connectivity index (χ2v) is 4.11. The van der Waals surface area contributed by atoms with Crippen molar-refractivity contribution in [2.45, 2.75) is 19.0 Å². The Labute approximate surface area is 92.1 Å². The molecule has 1 rings (SSSR count). The Bertz CT molecular complexity index is 480. The van der Waals surface area contributed by atoms with Crippen LogP contribution in [-0.4, -0.2) is 47.2 Å². The molecule has 0 aliphatic heterocycles. The molecule has 9 heteroatoms. The van der Waals surface area contributed by atoms with Crippen molar-refractivity contribution >= 4 is 16.3 Å². The van der Waals surface area contributed by atoms with Crippen molar-refractivity contribution in [3.05, 3.63) is 6.33 Å². The van der Waals surface area contributed by atoms with Crippen LogP contribution in [0, 0.1) is 0 Å². The minimum absolute atomic E-state index is 0.437. The van der Waals surface area contributed by atoms with Gasteiger partial charge in [0.15, 0.2) is 0 Å². The van der Waals surface area contributed by atoms with Crippen molar-refractivity contribution in [3.8, 4) is 0 Å². The van der Waals surface area contributed by atoms with Crippen LogP contribution in [0.3, 0.4) is 0 Å². The molecule has 0 aliphatic carbocycles. The Morgan fingerprint density at radius 1 is 1.50 bits per heavy atom. The van der Waals surface area contributed by atoms with Crippen LogP contribution in [0.5, 0.6) is 0 Å². The number of aromatic nitrogens is 3. The fourth-order valence-corrected chi connectivity index (χ4v) is 1.45. The lowest BCUT2D eigenvalue weighted by Gasteiger charge is -2.16. The van der Waals surface area contributed by atoms with E-state index >= 15 is 0 Å². The average molecular weight is 250 g/mol. The van der Waals surface area contributed by atoms with E-state index in [-0.39, 0.29) is 0 Å². The summed E-state index contributed by atoms with van der Waals surface area (Å²) in [6, 6.07) is -0.549. The fourth-order valence-electron chi connectivity index (χ4n) is 1.09. The van der Waals surface area contributed by atoms with Crippen LogP contribution in [-0.2, 0) is 10.2 Å². The Hall–Kier alpha value is -1.51. The van der Waals surface area contributed by atoms with Crippen molar-refractivity contribution in [3.63, 3.8) is 0 Å². The van der Waals surface area contributed by atoms with Gasteiger partial charge >= 0.3 is 16.3 Å². The predicted octanol–water partition coefficient (Wildman–Crippen LogP) is 0.246. The summed E-state index contributed by atoms with van der Waals surface area (Å²) in [5.41, 5.74) is 0. The zero-order chi connectivity index (χ0) is 12.3. The number of nitrogens with zero attached hydrogens (tertiary/aromatic N) is 4. The number of rotatable bonds is 3. The molecule has 7 nitrogen and oxygen atoms in total. The first-order chi connectivity index (χ1) is 7.40. The summed E-state index contributed by atoms with van der Waals surface area (Å²) in [5, 5.41) is 2.24. The van der Waals surface area contributed by atoms with Gasteiger partial charge < -0.3 is 4.90 Å². The van der Waals surface area contributed by atoms with Crippen molar-refractivity contribution in [2.75, 3.05) is 13.1 Å². The Balaban J connectivity index is 2.99. The van der Waals surface area contributed by atoms with Crippen LogP contribution in [0.2, 0.25) is 0 Å². The summed E-state index contributed by atoms with van der Waals surface area (Å²) in [4.78, 5) is 16.2. The van der Waals surface area contributed by atoms with E-state index in [2.05, 4.69) is 10.1 Å². The highest BCUT2D eigenvalue weighted by atomic mass is 32.3. The van der Waals surface area contributed by atoms with Crippen LogP contribution in [0.15, 0.2) is 11.5 Å². The molecule has 0 bridgehead atoms. The summed E-state index contributed by atoms with van der Waals surface area (Å²) < 4.78 is 34.1. The normalized spacial score (nSPS) is 11.4. The van der Waals surface area contributed by atoms with Gasteiger partial charge in [0.05, 0.1) is 0 Å². The van der Waals surface area contributed by atoms with Crippen LogP contribution < -0.4 is 0 Å². The van der Waals surface area contributed by atoms with Gasteiger partial charge in [-0.25, -0.2) is 9.78 Å². The smallest absolute Gasteiger partial charge is 0.323 e. The highest BCUT2D eigenvalue weighted by Gasteiger charge is 2.21.